The summed E-state index contributed by atoms with van der Waals surface area (Å²) in [7, 11) is -4.47. The molecule has 0 unspecified atom stereocenters. The predicted octanol–water partition coefficient (Wildman–Crippen LogP) is 2.78. The van der Waals surface area contributed by atoms with Gasteiger partial charge in [0.05, 0.1) is 4.90 Å². The molecule has 0 spiro atoms. The molecule has 8 heteroatoms. The molecule has 1 heterocycles. The van der Waals surface area contributed by atoms with Crippen LogP contribution in [0.15, 0.2) is 57.2 Å². The number of hydrogen-bond acceptors (Lipinski definition) is 3. The fourth-order valence-electron chi connectivity index (χ4n) is 2.18. The summed E-state index contributed by atoms with van der Waals surface area (Å²) in [6, 6.07) is 5.00. The minimum Gasteiger partial charge on any atom is -0.360 e. The zero-order chi connectivity index (χ0) is 16.8. The molecule has 0 aliphatic heterocycles. The van der Waals surface area contributed by atoms with Crippen LogP contribution in [0.4, 0.5) is 13.2 Å². The van der Waals surface area contributed by atoms with Gasteiger partial charge in [-0.3, -0.25) is 4.79 Å². The van der Waals surface area contributed by atoms with Crippen molar-refractivity contribution in [3.63, 3.8) is 0 Å². The highest BCUT2D eigenvalue weighted by Crippen LogP contribution is 2.21. The maximum Gasteiger partial charge on any atom is 0.212 e. The number of benzene rings is 2. The van der Waals surface area contributed by atoms with E-state index < -0.39 is 42.5 Å². The fourth-order valence-corrected chi connectivity index (χ4v) is 3.54. The molecule has 0 saturated carbocycles. The van der Waals surface area contributed by atoms with E-state index >= 15 is 0 Å². The Kier molecular flexibility index (Phi) is 3.48. The van der Waals surface area contributed by atoms with Crippen LogP contribution in [0.5, 0.6) is 0 Å². The normalized spacial score (nSPS) is 11.8. The van der Waals surface area contributed by atoms with Crippen molar-refractivity contribution in [3.8, 4) is 0 Å². The standard InChI is InChI=1S/C15H8F3NO3S/c16-8-1-2-13-12(6-8)15(20)14(7-19-13)23(21,22)11-4-9(17)3-10(18)5-11/h1-7H,(H,19,20). The lowest BCUT2D eigenvalue weighted by molar-refractivity contribution is 0.566. The fraction of sp³-hybridized carbons (Fsp3) is 0. The lowest BCUT2D eigenvalue weighted by atomic mass is 10.2. The van der Waals surface area contributed by atoms with E-state index in [2.05, 4.69) is 4.98 Å². The Morgan fingerprint density at radius 1 is 0.870 bits per heavy atom. The van der Waals surface area contributed by atoms with E-state index in [0.29, 0.717) is 18.2 Å². The van der Waals surface area contributed by atoms with Crippen molar-refractivity contribution in [1.29, 1.82) is 0 Å². The molecule has 3 rings (SSSR count). The number of nitrogens with one attached hydrogen (secondary N) is 1. The van der Waals surface area contributed by atoms with Crippen LogP contribution in [0.3, 0.4) is 0 Å². The first-order valence-corrected chi connectivity index (χ1v) is 7.79. The molecular weight excluding hydrogens is 331 g/mol. The van der Waals surface area contributed by atoms with Crippen molar-refractivity contribution >= 4 is 20.7 Å². The van der Waals surface area contributed by atoms with Gasteiger partial charge in [0.25, 0.3) is 0 Å². The Hall–Kier alpha value is -2.61. The monoisotopic (exact) mass is 339 g/mol. The Balaban J connectivity index is 2.31. The van der Waals surface area contributed by atoms with Gasteiger partial charge >= 0.3 is 0 Å². The molecule has 0 atom stereocenters. The number of H-pyrrole nitrogens is 1. The molecule has 118 valence electrons. The van der Waals surface area contributed by atoms with Gasteiger partial charge in [-0.25, -0.2) is 21.6 Å². The molecule has 0 aliphatic carbocycles. The van der Waals surface area contributed by atoms with Gasteiger partial charge in [-0.2, -0.15) is 0 Å². The molecule has 0 radical (unpaired) electrons. The second-order valence-corrected chi connectivity index (χ2v) is 6.70. The highest BCUT2D eigenvalue weighted by molar-refractivity contribution is 7.91. The van der Waals surface area contributed by atoms with Crippen LogP contribution in [0.2, 0.25) is 0 Å². The highest BCUT2D eigenvalue weighted by Gasteiger charge is 2.24. The van der Waals surface area contributed by atoms with E-state index in [9.17, 15) is 26.4 Å². The second kappa shape index (κ2) is 5.24. The second-order valence-electron chi connectivity index (χ2n) is 4.78. The first-order chi connectivity index (χ1) is 10.8. The zero-order valence-electron chi connectivity index (χ0n) is 11.3. The van der Waals surface area contributed by atoms with E-state index in [-0.39, 0.29) is 10.9 Å². The Morgan fingerprint density at radius 3 is 2.17 bits per heavy atom. The van der Waals surface area contributed by atoms with E-state index in [4.69, 9.17) is 0 Å². The first kappa shape index (κ1) is 15.3. The average molecular weight is 339 g/mol. The molecule has 0 fully saturated rings. The number of pyridine rings is 1. The number of aromatic amines is 1. The van der Waals surface area contributed by atoms with Crippen molar-refractivity contribution in [2.45, 2.75) is 9.79 Å². The Morgan fingerprint density at radius 2 is 1.52 bits per heavy atom. The van der Waals surface area contributed by atoms with Crippen LogP contribution in [0.25, 0.3) is 10.9 Å². The van der Waals surface area contributed by atoms with Crippen molar-refractivity contribution < 1.29 is 21.6 Å². The summed E-state index contributed by atoms with van der Waals surface area (Å²) < 4.78 is 64.6. The van der Waals surface area contributed by atoms with Gasteiger partial charge in [-0.05, 0) is 30.3 Å². The summed E-state index contributed by atoms with van der Waals surface area (Å²) in [5.74, 6) is -2.90. The lowest BCUT2D eigenvalue weighted by Gasteiger charge is -2.06. The van der Waals surface area contributed by atoms with Crippen LogP contribution in [0, 0.1) is 17.5 Å². The van der Waals surface area contributed by atoms with Crippen LogP contribution in [-0.2, 0) is 9.84 Å². The minimum absolute atomic E-state index is 0.178. The van der Waals surface area contributed by atoms with Crippen molar-refractivity contribution in [2.75, 3.05) is 0 Å². The minimum atomic E-state index is -4.47. The van der Waals surface area contributed by atoms with Gasteiger partial charge in [0.1, 0.15) is 22.3 Å². The number of hydrogen-bond donors (Lipinski definition) is 1. The van der Waals surface area contributed by atoms with E-state index in [1.165, 1.54) is 6.07 Å². The van der Waals surface area contributed by atoms with Gasteiger partial charge < -0.3 is 4.98 Å². The first-order valence-electron chi connectivity index (χ1n) is 6.31. The molecule has 4 nitrogen and oxygen atoms in total. The Labute approximate surface area is 128 Å². The average Bonchev–Trinajstić information content (AvgIpc) is 2.47. The summed E-state index contributed by atoms with van der Waals surface area (Å²) >= 11 is 0. The maximum absolute atomic E-state index is 13.3. The highest BCUT2D eigenvalue weighted by atomic mass is 32.2. The number of rotatable bonds is 2. The summed E-state index contributed by atoms with van der Waals surface area (Å²) in [5.41, 5.74) is -0.719. The molecule has 0 aliphatic rings. The van der Waals surface area contributed by atoms with Crippen molar-refractivity contribution in [1.82, 2.24) is 4.98 Å². The zero-order valence-corrected chi connectivity index (χ0v) is 12.1. The molecule has 1 aromatic heterocycles. The van der Waals surface area contributed by atoms with Crippen LogP contribution < -0.4 is 5.43 Å². The molecule has 23 heavy (non-hydrogen) atoms. The smallest absolute Gasteiger partial charge is 0.212 e. The molecule has 2 aromatic carbocycles. The van der Waals surface area contributed by atoms with Gasteiger partial charge in [0, 0.05) is 23.2 Å². The molecular formula is C15H8F3NO3S. The van der Waals surface area contributed by atoms with E-state index in [1.54, 1.807) is 0 Å². The molecule has 0 amide bonds. The van der Waals surface area contributed by atoms with Gasteiger partial charge in [0.2, 0.25) is 15.3 Å². The lowest BCUT2D eigenvalue weighted by Crippen LogP contribution is -2.16. The topological polar surface area (TPSA) is 67.0 Å². The third kappa shape index (κ3) is 2.61. The predicted molar refractivity (Wildman–Crippen MR) is 76.3 cm³/mol. The SMILES string of the molecule is O=c1c(S(=O)(=O)c2cc(F)cc(F)c2)c[nH]c2ccc(F)cc12. The number of sulfone groups is 1. The summed E-state index contributed by atoms with van der Waals surface area (Å²) in [6.45, 7) is 0. The Bertz CT molecular complexity index is 1070. The number of fused-ring (bicyclic) bond motifs is 1. The third-order valence-corrected chi connectivity index (χ3v) is 4.98. The van der Waals surface area contributed by atoms with E-state index in [1.807, 2.05) is 0 Å². The molecule has 1 N–H and O–H groups in total. The molecule has 3 aromatic rings. The molecule has 0 bridgehead atoms. The summed E-state index contributed by atoms with van der Waals surface area (Å²) in [6.07, 6.45) is 0.917. The van der Waals surface area contributed by atoms with Gasteiger partial charge in [-0.15, -0.1) is 0 Å². The quantitative estimate of drug-likeness (QED) is 0.781. The van der Waals surface area contributed by atoms with Crippen molar-refractivity contribution in [3.05, 3.63) is 70.3 Å². The molecule has 0 saturated heterocycles. The number of halogens is 3. The number of aromatic nitrogens is 1. The van der Waals surface area contributed by atoms with Gasteiger partial charge in [-0.1, -0.05) is 0 Å². The maximum atomic E-state index is 13.3. The third-order valence-electron chi connectivity index (χ3n) is 3.24. The van der Waals surface area contributed by atoms with Crippen molar-refractivity contribution in [2.24, 2.45) is 0 Å². The summed E-state index contributed by atoms with van der Waals surface area (Å²) in [5, 5.41) is -0.178. The van der Waals surface area contributed by atoms with Crippen LogP contribution in [-0.4, -0.2) is 13.4 Å². The van der Waals surface area contributed by atoms with E-state index in [0.717, 1.165) is 18.3 Å². The van der Waals surface area contributed by atoms with Gasteiger partial charge in [0.15, 0.2) is 0 Å². The largest absolute Gasteiger partial charge is 0.360 e. The van der Waals surface area contributed by atoms with Crippen LogP contribution in [0.1, 0.15) is 0 Å². The summed E-state index contributed by atoms with van der Waals surface area (Å²) in [4.78, 5) is 13.5. The van der Waals surface area contributed by atoms with Crippen LogP contribution >= 0.6 is 0 Å².